The fourth-order valence-electron chi connectivity index (χ4n) is 1.64. The van der Waals surface area contributed by atoms with Gasteiger partial charge in [-0.1, -0.05) is 0 Å². The molecule has 0 saturated carbocycles. The lowest BCUT2D eigenvalue weighted by molar-refractivity contribution is 0.0691. The van der Waals surface area contributed by atoms with E-state index in [0.29, 0.717) is 20.5 Å². The highest BCUT2D eigenvalue weighted by atomic mass is 79.9. The van der Waals surface area contributed by atoms with Gasteiger partial charge in [-0.05, 0) is 69.0 Å². The van der Waals surface area contributed by atoms with E-state index < -0.39 is 19.0 Å². The summed E-state index contributed by atoms with van der Waals surface area (Å²) < 4.78 is 16.5. The van der Waals surface area contributed by atoms with E-state index in [4.69, 9.17) is 23.7 Å². The molecule has 1 amide bonds. The number of aromatic nitrogens is 2. The van der Waals surface area contributed by atoms with Crippen LogP contribution in [0.5, 0.6) is 0 Å². The molecule has 2 aromatic rings. The number of carboxylic acids is 1. The molecule has 0 fully saturated rings. The summed E-state index contributed by atoms with van der Waals surface area (Å²) in [6.07, 6.45) is 0. The minimum Gasteiger partial charge on any atom is -0.476 e. The highest BCUT2D eigenvalue weighted by Gasteiger charge is 2.12. The third-order valence-corrected chi connectivity index (χ3v) is 3.72. The molecule has 2 rings (SSSR count). The van der Waals surface area contributed by atoms with E-state index in [9.17, 15) is 14.0 Å². The Hall–Kier alpha value is -2.27. The number of carboxylic acid groups (broad SMARTS) is 1. The number of pyridine rings is 2. The van der Waals surface area contributed by atoms with Crippen molar-refractivity contribution >= 4 is 55.1 Å². The standard InChI is InChI=1S/C7H8BrN3O.C7H7BrN2O2.CH3F/c1-3-2-4(8)11-6(5(3)9)7(10)12;1-3-2-4(8)10-6(5(3)9)7(11)12;1-2/h2H,9H2,1H3,(H2,10,12);2H,9H2,1H3,(H,11,12);1H3/i;;1D. The molecule has 26 heavy (non-hydrogen) atoms. The number of nitrogens with two attached hydrogens (primary N) is 3. The molecular formula is C15H18Br2FN5O3. The molecule has 7 N–H and O–H groups in total. The number of halogens is 3. The lowest BCUT2D eigenvalue weighted by Gasteiger charge is -2.04. The minimum absolute atomic E-state index is 0.109. The number of aryl methyl sites for hydroxylation is 2. The number of primary amides is 1. The summed E-state index contributed by atoms with van der Waals surface area (Å²) in [5.74, 6) is -1.73. The Balaban J connectivity index is 0.000000438. The third kappa shape index (κ3) is 6.56. The second-order valence-corrected chi connectivity index (χ2v) is 6.34. The van der Waals surface area contributed by atoms with E-state index in [-0.39, 0.29) is 17.1 Å². The quantitative estimate of drug-likeness (QED) is 0.466. The molecule has 0 saturated heterocycles. The molecule has 0 atom stereocenters. The summed E-state index contributed by atoms with van der Waals surface area (Å²) >= 11 is 6.23. The number of rotatable bonds is 2. The molecular weight excluding hydrogens is 477 g/mol. The predicted octanol–water partition coefficient (Wildman–Crippen LogP) is 2.85. The summed E-state index contributed by atoms with van der Waals surface area (Å²) in [4.78, 5) is 28.9. The van der Waals surface area contributed by atoms with Crippen LogP contribution in [0, 0.1) is 13.8 Å². The number of alkyl halides is 1. The van der Waals surface area contributed by atoms with Crippen molar-refractivity contribution in [3.63, 3.8) is 0 Å². The van der Waals surface area contributed by atoms with E-state index in [1.165, 1.54) is 0 Å². The summed E-state index contributed by atoms with van der Waals surface area (Å²) in [6, 6.07) is 3.39. The molecule has 8 nitrogen and oxygen atoms in total. The summed E-state index contributed by atoms with van der Waals surface area (Å²) in [6.45, 7) is 3.52. The van der Waals surface area contributed by atoms with Crippen molar-refractivity contribution in [1.82, 2.24) is 9.97 Å². The van der Waals surface area contributed by atoms with Crippen molar-refractivity contribution in [2.75, 3.05) is 18.6 Å². The number of hydrogen-bond acceptors (Lipinski definition) is 6. The van der Waals surface area contributed by atoms with Crippen molar-refractivity contribution in [3.05, 3.63) is 43.9 Å². The molecule has 11 heteroatoms. The Morgan fingerprint density at radius 3 is 1.77 bits per heavy atom. The second-order valence-electron chi connectivity index (χ2n) is 4.72. The number of anilines is 2. The van der Waals surface area contributed by atoms with Crippen LogP contribution < -0.4 is 17.2 Å². The average molecular weight is 496 g/mol. The van der Waals surface area contributed by atoms with Crippen molar-refractivity contribution in [2.45, 2.75) is 13.8 Å². The van der Waals surface area contributed by atoms with Crippen LogP contribution in [-0.2, 0) is 0 Å². The number of amides is 1. The van der Waals surface area contributed by atoms with Gasteiger partial charge in [0, 0.05) is 0 Å². The van der Waals surface area contributed by atoms with Gasteiger partial charge in [-0.3, -0.25) is 9.18 Å². The van der Waals surface area contributed by atoms with Crippen molar-refractivity contribution in [2.24, 2.45) is 5.73 Å². The van der Waals surface area contributed by atoms with E-state index in [2.05, 4.69) is 41.8 Å². The van der Waals surface area contributed by atoms with Crippen LogP contribution in [0.4, 0.5) is 15.8 Å². The topological polar surface area (TPSA) is 158 Å². The Kier molecular flexibility index (Phi) is 8.93. The molecule has 0 aliphatic carbocycles. The van der Waals surface area contributed by atoms with Gasteiger partial charge in [-0.25, -0.2) is 14.8 Å². The van der Waals surface area contributed by atoms with Gasteiger partial charge in [-0.2, -0.15) is 0 Å². The van der Waals surface area contributed by atoms with Crippen LogP contribution in [0.1, 0.15) is 33.5 Å². The van der Waals surface area contributed by atoms with Gasteiger partial charge in [0.15, 0.2) is 11.4 Å². The number of aromatic carboxylic acids is 1. The zero-order valence-corrected chi connectivity index (χ0v) is 17.1. The zero-order chi connectivity index (χ0) is 21.3. The molecule has 142 valence electrons. The maximum atomic E-state index is 10.8. The molecule has 0 aliphatic heterocycles. The lowest BCUT2D eigenvalue weighted by atomic mass is 10.2. The molecule has 0 aromatic carbocycles. The van der Waals surface area contributed by atoms with E-state index in [1.807, 2.05) is 0 Å². The van der Waals surface area contributed by atoms with Crippen LogP contribution in [0.15, 0.2) is 21.3 Å². The van der Waals surface area contributed by atoms with Gasteiger partial charge in [-0.15, -0.1) is 0 Å². The van der Waals surface area contributed by atoms with Gasteiger partial charge >= 0.3 is 5.97 Å². The fraction of sp³-hybridized carbons (Fsp3) is 0.200. The summed E-state index contributed by atoms with van der Waals surface area (Å²) in [5.41, 5.74) is 18.1. The zero-order valence-electron chi connectivity index (χ0n) is 14.9. The minimum atomic E-state index is -1.11. The van der Waals surface area contributed by atoms with E-state index >= 15 is 0 Å². The predicted molar refractivity (Wildman–Crippen MR) is 105 cm³/mol. The molecule has 0 radical (unpaired) electrons. The molecule has 2 heterocycles. The van der Waals surface area contributed by atoms with Crippen LogP contribution >= 0.6 is 31.9 Å². The Bertz CT molecular complexity index is 772. The summed E-state index contributed by atoms with van der Waals surface area (Å²) in [5, 5.41) is 8.65. The Morgan fingerprint density at radius 1 is 1.08 bits per heavy atom. The Morgan fingerprint density at radius 2 is 1.42 bits per heavy atom. The highest BCUT2D eigenvalue weighted by molar-refractivity contribution is 9.10. The molecule has 0 unspecified atom stereocenters. The van der Waals surface area contributed by atoms with Gasteiger partial charge in [0.1, 0.15) is 9.21 Å². The summed E-state index contributed by atoms with van der Waals surface area (Å²) in [7, 11) is -1.00. The maximum Gasteiger partial charge on any atom is 0.356 e. The molecule has 2 aromatic heterocycles. The maximum absolute atomic E-state index is 10.8. The van der Waals surface area contributed by atoms with Crippen LogP contribution in [0.3, 0.4) is 0 Å². The van der Waals surface area contributed by atoms with Gasteiger partial charge in [0.05, 0.1) is 19.9 Å². The van der Waals surface area contributed by atoms with E-state index in [1.54, 1.807) is 26.0 Å². The number of nitrogen functional groups attached to an aromatic ring is 2. The largest absolute Gasteiger partial charge is 0.476 e. The number of carbonyl (C=O) groups excluding carboxylic acids is 1. The first kappa shape index (κ1) is 21.8. The smallest absolute Gasteiger partial charge is 0.356 e. The van der Waals surface area contributed by atoms with Gasteiger partial charge in [0.25, 0.3) is 5.91 Å². The van der Waals surface area contributed by atoms with Crippen molar-refractivity contribution in [1.29, 1.82) is 0 Å². The molecule has 0 aliphatic rings. The van der Waals surface area contributed by atoms with Crippen LogP contribution in [0.25, 0.3) is 0 Å². The highest BCUT2D eigenvalue weighted by Crippen LogP contribution is 2.19. The fourth-order valence-corrected chi connectivity index (χ4v) is 2.68. The molecule has 0 bridgehead atoms. The second kappa shape index (κ2) is 10.7. The first-order valence-corrected chi connectivity index (χ1v) is 8.28. The number of hydrogen-bond donors (Lipinski definition) is 4. The lowest BCUT2D eigenvalue weighted by Crippen LogP contribution is -2.16. The normalized spacial score (nSPS) is 9.81. The monoisotopic (exact) mass is 494 g/mol. The van der Waals surface area contributed by atoms with Crippen LogP contribution in [0.2, 0.25) is 0 Å². The molecule has 0 spiro atoms. The van der Waals surface area contributed by atoms with Crippen molar-refractivity contribution in [3.8, 4) is 0 Å². The Labute approximate surface area is 167 Å². The van der Waals surface area contributed by atoms with Crippen molar-refractivity contribution < 1.29 is 20.5 Å². The van der Waals surface area contributed by atoms with Gasteiger partial charge in [0.2, 0.25) is 0 Å². The third-order valence-electron chi connectivity index (χ3n) is 2.90. The number of nitrogens with zero attached hydrogens (tertiary/aromatic N) is 2. The van der Waals surface area contributed by atoms with E-state index in [0.717, 1.165) is 5.56 Å². The first-order valence-electron chi connectivity index (χ1n) is 7.40. The number of carbonyl (C=O) groups is 2. The average Bonchev–Trinajstić information content (AvgIpc) is 2.55. The first-order chi connectivity index (χ1) is 12.5. The van der Waals surface area contributed by atoms with Gasteiger partial charge < -0.3 is 22.3 Å². The van der Waals surface area contributed by atoms with Crippen LogP contribution in [-0.4, -0.2) is 34.1 Å². The SMILES string of the molecule is Cc1cc(Br)nc(C(=O)O)c1N.Cc1cc(Br)nc(C(N)=O)c1N.[2H]CF.